The number of anilines is 1. The lowest BCUT2D eigenvalue weighted by atomic mass is 10.1. The highest BCUT2D eigenvalue weighted by Gasteiger charge is 2.22. The molecule has 3 rings (SSSR count). The first kappa shape index (κ1) is 15.5. The average molecular weight is 314 g/mol. The molecule has 1 saturated heterocycles. The molecule has 7 heteroatoms. The molecular weight excluding hydrogens is 292 g/mol. The number of aryl methyl sites for hydroxylation is 2. The largest absolute Gasteiger partial charge is 0.352 e. The molecule has 1 aliphatic heterocycles. The van der Waals surface area contributed by atoms with E-state index >= 15 is 0 Å². The number of imidazole rings is 1. The molecule has 1 amide bonds. The first-order valence-corrected chi connectivity index (χ1v) is 8.01. The van der Waals surface area contributed by atoms with E-state index in [0.29, 0.717) is 13.0 Å². The molecule has 3 heterocycles. The molecule has 1 atom stereocenters. The number of piperidine rings is 1. The fraction of sp³-hybridized carbons (Fsp3) is 0.500. The van der Waals surface area contributed by atoms with Gasteiger partial charge in [-0.1, -0.05) is 0 Å². The number of aromatic nitrogens is 4. The topological polar surface area (TPSA) is 75.9 Å². The molecule has 0 saturated carbocycles. The molecule has 2 aromatic heterocycles. The smallest absolute Gasteiger partial charge is 0.225 e. The predicted molar refractivity (Wildman–Crippen MR) is 87.0 cm³/mol. The van der Waals surface area contributed by atoms with E-state index in [-0.39, 0.29) is 11.9 Å². The molecule has 0 aliphatic carbocycles. The van der Waals surface area contributed by atoms with Crippen molar-refractivity contribution in [3.05, 3.63) is 36.7 Å². The van der Waals surface area contributed by atoms with Gasteiger partial charge in [0, 0.05) is 56.9 Å². The van der Waals surface area contributed by atoms with E-state index in [0.717, 1.165) is 37.7 Å². The van der Waals surface area contributed by atoms with Crippen LogP contribution in [0.15, 0.2) is 30.9 Å². The Morgan fingerprint density at radius 2 is 2.13 bits per heavy atom. The third-order valence-electron chi connectivity index (χ3n) is 4.12. The number of nitrogens with one attached hydrogen (secondary N) is 1. The Morgan fingerprint density at radius 1 is 1.30 bits per heavy atom. The van der Waals surface area contributed by atoms with Crippen molar-refractivity contribution >= 4 is 11.9 Å². The molecule has 1 N–H and O–H groups in total. The van der Waals surface area contributed by atoms with Crippen LogP contribution in [0.5, 0.6) is 0 Å². The number of amides is 1. The lowest BCUT2D eigenvalue weighted by molar-refractivity contribution is -0.122. The molecule has 0 aromatic carbocycles. The van der Waals surface area contributed by atoms with E-state index in [1.54, 1.807) is 18.6 Å². The van der Waals surface area contributed by atoms with Crippen molar-refractivity contribution in [1.82, 2.24) is 24.8 Å². The normalized spacial score (nSPS) is 18.0. The van der Waals surface area contributed by atoms with Gasteiger partial charge in [-0.2, -0.15) is 0 Å². The summed E-state index contributed by atoms with van der Waals surface area (Å²) in [5, 5.41) is 3.13. The summed E-state index contributed by atoms with van der Waals surface area (Å²) in [6.45, 7) is 4.30. The maximum atomic E-state index is 12.2. The summed E-state index contributed by atoms with van der Waals surface area (Å²) in [5.41, 5.74) is 0. The van der Waals surface area contributed by atoms with Crippen LogP contribution in [0.1, 0.15) is 25.1 Å². The summed E-state index contributed by atoms with van der Waals surface area (Å²) in [6, 6.07) is 1.97. The molecule has 0 unspecified atom stereocenters. The number of rotatable bonds is 5. The van der Waals surface area contributed by atoms with Crippen LogP contribution in [-0.2, 0) is 11.3 Å². The van der Waals surface area contributed by atoms with Gasteiger partial charge in [-0.25, -0.2) is 15.0 Å². The third kappa shape index (κ3) is 4.06. The molecule has 2 aromatic rings. The van der Waals surface area contributed by atoms with Gasteiger partial charge in [-0.15, -0.1) is 0 Å². The van der Waals surface area contributed by atoms with Crippen molar-refractivity contribution < 1.29 is 4.79 Å². The van der Waals surface area contributed by atoms with Gasteiger partial charge in [-0.3, -0.25) is 4.79 Å². The zero-order valence-corrected chi connectivity index (χ0v) is 13.4. The molecule has 122 valence electrons. The standard InChI is InChI=1S/C16H22N6O/c1-13-17-8-11-21(13)10-5-15(23)20-14-4-2-9-22(12-14)16-18-6-3-7-19-16/h3,6-8,11,14H,2,4-5,9-10,12H2,1H3,(H,20,23)/t14-/m1/s1. The van der Waals surface area contributed by atoms with Gasteiger partial charge in [0.05, 0.1) is 0 Å². The van der Waals surface area contributed by atoms with Crippen molar-refractivity contribution in [1.29, 1.82) is 0 Å². The van der Waals surface area contributed by atoms with Gasteiger partial charge in [-0.05, 0) is 25.8 Å². The van der Waals surface area contributed by atoms with E-state index in [1.165, 1.54) is 0 Å². The van der Waals surface area contributed by atoms with E-state index < -0.39 is 0 Å². The van der Waals surface area contributed by atoms with Crippen LogP contribution in [0.2, 0.25) is 0 Å². The summed E-state index contributed by atoms with van der Waals surface area (Å²) in [4.78, 5) is 27.0. The van der Waals surface area contributed by atoms with Gasteiger partial charge in [0.15, 0.2) is 0 Å². The lowest BCUT2D eigenvalue weighted by Crippen LogP contribution is -2.48. The quantitative estimate of drug-likeness (QED) is 0.896. The van der Waals surface area contributed by atoms with E-state index in [9.17, 15) is 4.79 Å². The maximum Gasteiger partial charge on any atom is 0.225 e. The minimum atomic E-state index is 0.0823. The summed E-state index contributed by atoms with van der Waals surface area (Å²) in [6.07, 6.45) is 9.65. The van der Waals surface area contributed by atoms with Gasteiger partial charge in [0.2, 0.25) is 11.9 Å². The maximum absolute atomic E-state index is 12.2. The molecule has 0 spiro atoms. The second-order valence-corrected chi connectivity index (χ2v) is 5.82. The number of carbonyl (C=O) groups excluding carboxylic acids is 1. The predicted octanol–water partition coefficient (Wildman–Crippen LogP) is 1.16. The fourth-order valence-corrected chi connectivity index (χ4v) is 2.89. The van der Waals surface area contributed by atoms with E-state index in [4.69, 9.17) is 0 Å². The Balaban J connectivity index is 1.49. The van der Waals surface area contributed by atoms with Crippen LogP contribution in [0.3, 0.4) is 0 Å². The van der Waals surface area contributed by atoms with Crippen LogP contribution < -0.4 is 10.2 Å². The zero-order valence-electron chi connectivity index (χ0n) is 13.4. The molecular formula is C16H22N6O. The number of hydrogen-bond acceptors (Lipinski definition) is 5. The van der Waals surface area contributed by atoms with Crippen LogP contribution in [0.4, 0.5) is 5.95 Å². The fourth-order valence-electron chi connectivity index (χ4n) is 2.89. The molecule has 0 bridgehead atoms. The Morgan fingerprint density at radius 3 is 2.87 bits per heavy atom. The first-order chi connectivity index (χ1) is 11.2. The van der Waals surface area contributed by atoms with Crippen LogP contribution in [-0.4, -0.2) is 44.6 Å². The zero-order chi connectivity index (χ0) is 16.1. The SMILES string of the molecule is Cc1nccn1CCC(=O)N[C@@H]1CCCN(c2ncccn2)C1. The van der Waals surface area contributed by atoms with Gasteiger partial charge in [0.1, 0.15) is 5.82 Å². The van der Waals surface area contributed by atoms with Crippen molar-refractivity contribution in [2.24, 2.45) is 0 Å². The van der Waals surface area contributed by atoms with Crippen molar-refractivity contribution in [2.75, 3.05) is 18.0 Å². The first-order valence-electron chi connectivity index (χ1n) is 8.01. The second kappa shape index (κ2) is 7.21. The minimum Gasteiger partial charge on any atom is -0.352 e. The van der Waals surface area contributed by atoms with Crippen molar-refractivity contribution in [3.8, 4) is 0 Å². The minimum absolute atomic E-state index is 0.0823. The summed E-state index contributed by atoms with van der Waals surface area (Å²) < 4.78 is 1.99. The average Bonchev–Trinajstić information content (AvgIpc) is 2.99. The number of nitrogens with zero attached hydrogens (tertiary/aromatic N) is 5. The van der Waals surface area contributed by atoms with Crippen LogP contribution in [0.25, 0.3) is 0 Å². The summed E-state index contributed by atoms with van der Waals surface area (Å²) >= 11 is 0. The highest BCUT2D eigenvalue weighted by atomic mass is 16.1. The van der Waals surface area contributed by atoms with E-state index in [1.807, 2.05) is 23.8 Å². The second-order valence-electron chi connectivity index (χ2n) is 5.82. The molecule has 1 aliphatic rings. The summed E-state index contributed by atoms with van der Waals surface area (Å²) in [7, 11) is 0. The Hall–Kier alpha value is -2.44. The molecule has 23 heavy (non-hydrogen) atoms. The van der Waals surface area contributed by atoms with Crippen LogP contribution >= 0.6 is 0 Å². The summed E-state index contributed by atoms with van der Waals surface area (Å²) in [5.74, 6) is 1.75. The highest BCUT2D eigenvalue weighted by Crippen LogP contribution is 2.15. The Bertz CT molecular complexity index is 641. The van der Waals surface area contributed by atoms with Crippen molar-refractivity contribution in [3.63, 3.8) is 0 Å². The third-order valence-corrected chi connectivity index (χ3v) is 4.12. The van der Waals surface area contributed by atoms with Crippen LogP contribution in [0, 0.1) is 6.92 Å². The Labute approximate surface area is 135 Å². The number of carbonyl (C=O) groups is 1. The van der Waals surface area contributed by atoms with E-state index in [2.05, 4.69) is 25.2 Å². The molecule has 7 nitrogen and oxygen atoms in total. The molecule has 0 radical (unpaired) electrons. The lowest BCUT2D eigenvalue weighted by Gasteiger charge is -2.33. The van der Waals surface area contributed by atoms with Gasteiger partial charge < -0.3 is 14.8 Å². The number of hydrogen-bond donors (Lipinski definition) is 1. The van der Waals surface area contributed by atoms with Gasteiger partial charge >= 0.3 is 0 Å². The monoisotopic (exact) mass is 314 g/mol. The van der Waals surface area contributed by atoms with Crippen molar-refractivity contribution in [2.45, 2.75) is 38.8 Å². The van der Waals surface area contributed by atoms with Gasteiger partial charge in [0.25, 0.3) is 0 Å². The molecule has 1 fully saturated rings. The Kier molecular flexibility index (Phi) is 4.85. The highest BCUT2D eigenvalue weighted by molar-refractivity contribution is 5.76.